The van der Waals surface area contributed by atoms with Crippen LogP contribution in [0.4, 0.5) is 0 Å². The standard InChI is InChI=1S/C21H23ClN2O3/c1-27-17-8-4-6-15(12-17)13-23-20(25)16-7-5-11-24(14-16)21(26)18-9-2-3-10-19(18)22/h2-4,6,8-10,12,16H,5,7,11,13-14H2,1H3,(H,23,25)/t16-/m1/s1. The third kappa shape index (κ3) is 4.80. The van der Waals surface area contributed by atoms with Crippen molar-refractivity contribution < 1.29 is 14.3 Å². The first kappa shape index (κ1) is 19.2. The summed E-state index contributed by atoms with van der Waals surface area (Å²) >= 11 is 6.14. The van der Waals surface area contributed by atoms with Gasteiger partial charge in [0.2, 0.25) is 5.91 Å². The highest BCUT2D eigenvalue weighted by Crippen LogP contribution is 2.22. The fourth-order valence-electron chi connectivity index (χ4n) is 3.30. The molecule has 1 heterocycles. The maximum atomic E-state index is 12.7. The Hall–Kier alpha value is -2.53. The summed E-state index contributed by atoms with van der Waals surface area (Å²) < 4.78 is 5.20. The lowest BCUT2D eigenvalue weighted by molar-refractivity contribution is -0.126. The molecule has 2 aromatic carbocycles. The van der Waals surface area contributed by atoms with Crippen LogP contribution in [0.2, 0.25) is 5.02 Å². The molecule has 0 bridgehead atoms. The molecular formula is C21H23ClN2O3. The van der Waals surface area contributed by atoms with E-state index < -0.39 is 0 Å². The molecule has 6 heteroatoms. The van der Waals surface area contributed by atoms with Crippen molar-refractivity contribution in [3.8, 4) is 5.75 Å². The van der Waals surface area contributed by atoms with Crippen molar-refractivity contribution in [3.05, 3.63) is 64.7 Å². The molecule has 1 fully saturated rings. The van der Waals surface area contributed by atoms with Gasteiger partial charge in [-0.3, -0.25) is 9.59 Å². The fourth-order valence-corrected chi connectivity index (χ4v) is 3.51. The Labute approximate surface area is 164 Å². The van der Waals surface area contributed by atoms with E-state index in [1.54, 1.807) is 36.3 Å². The molecule has 2 aromatic rings. The van der Waals surface area contributed by atoms with Crippen LogP contribution in [0.15, 0.2) is 48.5 Å². The lowest BCUT2D eigenvalue weighted by Crippen LogP contribution is -2.45. The van der Waals surface area contributed by atoms with E-state index in [2.05, 4.69) is 5.32 Å². The number of hydrogen-bond acceptors (Lipinski definition) is 3. The number of hydrogen-bond donors (Lipinski definition) is 1. The summed E-state index contributed by atoms with van der Waals surface area (Å²) in [7, 11) is 1.62. The molecule has 3 rings (SSSR count). The van der Waals surface area contributed by atoms with Gasteiger partial charge in [0.15, 0.2) is 0 Å². The average molecular weight is 387 g/mol. The number of likely N-dealkylation sites (tertiary alicyclic amines) is 1. The van der Waals surface area contributed by atoms with E-state index >= 15 is 0 Å². The number of benzene rings is 2. The number of methoxy groups -OCH3 is 1. The molecule has 0 radical (unpaired) electrons. The van der Waals surface area contributed by atoms with E-state index in [1.807, 2.05) is 24.3 Å². The Morgan fingerprint density at radius 3 is 2.81 bits per heavy atom. The van der Waals surface area contributed by atoms with Gasteiger partial charge in [-0.15, -0.1) is 0 Å². The molecule has 0 saturated carbocycles. The molecule has 142 valence electrons. The van der Waals surface area contributed by atoms with Gasteiger partial charge in [0.05, 0.1) is 23.6 Å². The van der Waals surface area contributed by atoms with Gasteiger partial charge in [0.1, 0.15) is 5.75 Å². The number of nitrogens with zero attached hydrogens (tertiary/aromatic N) is 1. The van der Waals surface area contributed by atoms with Gasteiger partial charge in [-0.1, -0.05) is 35.9 Å². The van der Waals surface area contributed by atoms with Crippen LogP contribution in [0.25, 0.3) is 0 Å². The number of carbonyl (C=O) groups is 2. The second-order valence-electron chi connectivity index (χ2n) is 6.64. The highest BCUT2D eigenvalue weighted by Gasteiger charge is 2.29. The predicted molar refractivity (Wildman–Crippen MR) is 105 cm³/mol. The molecule has 1 aliphatic heterocycles. The van der Waals surface area contributed by atoms with Crippen molar-refractivity contribution in [2.24, 2.45) is 5.92 Å². The predicted octanol–water partition coefficient (Wildman–Crippen LogP) is 3.52. The maximum absolute atomic E-state index is 12.7. The monoisotopic (exact) mass is 386 g/mol. The summed E-state index contributed by atoms with van der Waals surface area (Å²) in [6.45, 7) is 1.49. The highest BCUT2D eigenvalue weighted by molar-refractivity contribution is 6.33. The Morgan fingerprint density at radius 2 is 2.04 bits per heavy atom. The van der Waals surface area contributed by atoms with E-state index in [-0.39, 0.29) is 17.7 Å². The number of piperidine rings is 1. The average Bonchev–Trinajstić information content (AvgIpc) is 2.72. The molecule has 1 saturated heterocycles. The molecular weight excluding hydrogens is 364 g/mol. The smallest absolute Gasteiger partial charge is 0.255 e. The zero-order valence-corrected chi connectivity index (χ0v) is 16.0. The van der Waals surface area contributed by atoms with Gasteiger partial charge >= 0.3 is 0 Å². The minimum atomic E-state index is -0.212. The Bertz CT molecular complexity index is 825. The fraction of sp³-hybridized carbons (Fsp3) is 0.333. The van der Waals surface area contributed by atoms with Crippen molar-refractivity contribution in [3.63, 3.8) is 0 Å². The number of nitrogens with one attached hydrogen (secondary N) is 1. The summed E-state index contributed by atoms with van der Waals surface area (Å²) in [4.78, 5) is 27.0. The first-order valence-corrected chi connectivity index (χ1v) is 9.40. The molecule has 0 spiro atoms. The summed E-state index contributed by atoms with van der Waals surface area (Å²) in [5, 5.41) is 3.41. The summed E-state index contributed by atoms with van der Waals surface area (Å²) in [6, 6.07) is 14.6. The van der Waals surface area contributed by atoms with Crippen LogP contribution < -0.4 is 10.1 Å². The third-order valence-corrected chi connectivity index (χ3v) is 5.11. The van der Waals surface area contributed by atoms with Gasteiger partial charge in [-0.05, 0) is 42.7 Å². The Balaban J connectivity index is 1.59. The zero-order chi connectivity index (χ0) is 19.2. The number of halogens is 1. The van der Waals surface area contributed by atoms with Crippen LogP contribution >= 0.6 is 11.6 Å². The van der Waals surface area contributed by atoms with E-state index in [4.69, 9.17) is 16.3 Å². The molecule has 5 nitrogen and oxygen atoms in total. The minimum Gasteiger partial charge on any atom is -0.497 e. The maximum Gasteiger partial charge on any atom is 0.255 e. The highest BCUT2D eigenvalue weighted by atomic mass is 35.5. The topological polar surface area (TPSA) is 58.6 Å². The van der Waals surface area contributed by atoms with Crippen LogP contribution in [0, 0.1) is 5.92 Å². The largest absolute Gasteiger partial charge is 0.497 e. The SMILES string of the molecule is COc1cccc(CNC(=O)[C@@H]2CCCN(C(=O)c3ccccc3Cl)C2)c1. The molecule has 1 atom stereocenters. The second kappa shape index (κ2) is 8.91. The lowest BCUT2D eigenvalue weighted by Gasteiger charge is -2.32. The quantitative estimate of drug-likeness (QED) is 0.855. The normalized spacial score (nSPS) is 16.7. The summed E-state index contributed by atoms with van der Waals surface area (Å²) in [6.07, 6.45) is 1.57. The first-order chi connectivity index (χ1) is 13.1. The molecule has 27 heavy (non-hydrogen) atoms. The summed E-state index contributed by atoms with van der Waals surface area (Å²) in [5.74, 6) is 0.395. The van der Waals surface area contributed by atoms with Gasteiger partial charge in [0.25, 0.3) is 5.91 Å². The van der Waals surface area contributed by atoms with Crippen molar-refractivity contribution in [2.45, 2.75) is 19.4 Å². The van der Waals surface area contributed by atoms with Crippen LogP contribution in [0.5, 0.6) is 5.75 Å². The molecule has 1 aliphatic rings. The minimum absolute atomic E-state index is 0.0329. The van der Waals surface area contributed by atoms with E-state index in [1.165, 1.54) is 0 Å². The molecule has 2 amide bonds. The molecule has 0 unspecified atom stereocenters. The number of amides is 2. The number of rotatable bonds is 5. The summed E-state index contributed by atoms with van der Waals surface area (Å²) in [5.41, 5.74) is 1.46. The second-order valence-corrected chi connectivity index (χ2v) is 7.05. The van der Waals surface area contributed by atoms with E-state index in [0.29, 0.717) is 30.2 Å². The lowest BCUT2D eigenvalue weighted by atomic mass is 9.96. The van der Waals surface area contributed by atoms with Crippen LogP contribution in [-0.2, 0) is 11.3 Å². The Morgan fingerprint density at radius 1 is 1.22 bits per heavy atom. The molecule has 1 N–H and O–H groups in total. The Kier molecular flexibility index (Phi) is 6.35. The van der Waals surface area contributed by atoms with Crippen molar-refractivity contribution in [1.29, 1.82) is 0 Å². The molecule has 0 aliphatic carbocycles. The van der Waals surface area contributed by atoms with Gasteiger partial charge in [-0.2, -0.15) is 0 Å². The van der Waals surface area contributed by atoms with E-state index in [9.17, 15) is 9.59 Å². The molecule has 0 aromatic heterocycles. The van der Waals surface area contributed by atoms with Crippen LogP contribution in [0.3, 0.4) is 0 Å². The van der Waals surface area contributed by atoms with Crippen molar-refractivity contribution >= 4 is 23.4 Å². The third-order valence-electron chi connectivity index (χ3n) is 4.78. The first-order valence-electron chi connectivity index (χ1n) is 9.03. The number of ether oxygens (including phenoxy) is 1. The van der Waals surface area contributed by atoms with Gasteiger partial charge in [-0.25, -0.2) is 0 Å². The number of carbonyl (C=O) groups excluding carboxylic acids is 2. The van der Waals surface area contributed by atoms with Crippen LogP contribution in [0.1, 0.15) is 28.8 Å². The van der Waals surface area contributed by atoms with Crippen molar-refractivity contribution in [1.82, 2.24) is 10.2 Å². The van der Waals surface area contributed by atoms with Crippen molar-refractivity contribution in [2.75, 3.05) is 20.2 Å². The van der Waals surface area contributed by atoms with E-state index in [0.717, 1.165) is 24.2 Å². The van der Waals surface area contributed by atoms with Gasteiger partial charge in [0, 0.05) is 19.6 Å². The van der Waals surface area contributed by atoms with Gasteiger partial charge < -0.3 is 15.0 Å². The van der Waals surface area contributed by atoms with Crippen LogP contribution in [-0.4, -0.2) is 36.9 Å². The zero-order valence-electron chi connectivity index (χ0n) is 15.3.